The van der Waals surface area contributed by atoms with Crippen LogP contribution < -0.4 is 4.90 Å². The molecule has 1 aromatic rings. The van der Waals surface area contributed by atoms with Crippen molar-refractivity contribution in [3.05, 3.63) is 23.4 Å². The van der Waals surface area contributed by atoms with Gasteiger partial charge in [-0.25, -0.2) is 9.78 Å². The van der Waals surface area contributed by atoms with E-state index in [0.29, 0.717) is 31.1 Å². The van der Waals surface area contributed by atoms with E-state index in [-0.39, 0.29) is 12.1 Å². The highest BCUT2D eigenvalue weighted by Crippen LogP contribution is 2.37. The van der Waals surface area contributed by atoms with Crippen molar-refractivity contribution in [2.45, 2.75) is 50.8 Å². The first-order chi connectivity index (χ1) is 11.3. The van der Waals surface area contributed by atoms with Crippen molar-refractivity contribution in [1.82, 2.24) is 9.88 Å². The van der Waals surface area contributed by atoms with Crippen LogP contribution in [0.2, 0.25) is 0 Å². The molecule has 132 valence electrons. The van der Waals surface area contributed by atoms with Gasteiger partial charge in [0.2, 0.25) is 0 Å². The number of carboxylic acid groups (broad SMARTS) is 1. The van der Waals surface area contributed by atoms with Crippen LogP contribution in [0.3, 0.4) is 0 Å². The third kappa shape index (κ3) is 3.05. The molecule has 1 unspecified atom stereocenters. The molecule has 0 aromatic carbocycles. The van der Waals surface area contributed by atoms with Gasteiger partial charge in [-0.05, 0) is 44.7 Å². The lowest BCUT2D eigenvalue weighted by Crippen LogP contribution is -2.58. The van der Waals surface area contributed by atoms with Crippen molar-refractivity contribution in [1.29, 1.82) is 0 Å². The smallest absolute Gasteiger partial charge is 0.407 e. The molecule has 1 fully saturated rings. The van der Waals surface area contributed by atoms with Crippen LogP contribution in [0.25, 0.3) is 0 Å². The van der Waals surface area contributed by atoms with E-state index in [1.165, 1.54) is 4.90 Å². The Morgan fingerprint density at radius 2 is 2.21 bits per heavy atom. The summed E-state index contributed by atoms with van der Waals surface area (Å²) in [6, 6.07) is 4.08. The van der Waals surface area contributed by atoms with Gasteiger partial charge in [0, 0.05) is 25.0 Å². The minimum atomic E-state index is -1.01. The number of amides is 1. The van der Waals surface area contributed by atoms with Gasteiger partial charge >= 0.3 is 6.09 Å². The molecule has 6 nitrogen and oxygen atoms in total. The molecule has 3 atom stereocenters. The summed E-state index contributed by atoms with van der Waals surface area (Å²) in [6.45, 7) is 4.76. The van der Waals surface area contributed by atoms with Gasteiger partial charge in [0.25, 0.3) is 0 Å². The number of aliphatic hydroxyl groups is 1. The third-order valence-corrected chi connectivity index (χ3v) is 5.33. The molecular formula is C17H24ClN3O3. The molecule has 1 saturated heterocycles. The van der Waals surface area contributed by atoms with Crippen LogP contribution in [0.15, 0.2) is 12.1 Å². The van der Waals surface area contributed by atoms with Crippen molar-refractivity contribution < 1.29 is 15.0 Å². The second-order valence-corrected chi connectivity index (χ2v) is 7.43. The molecule has 24 heavy (non-hydrogen) atoms. The number of hydrogen-bond acceptors (Lipinski definition) is 4. The van der Waals surface area contributed by atoms with Crippen LogP contribution in [0.5, 0.6) is 0 Å². The highest BCUT2D eigenvalue weighted by atomic mass is 35.5. The Morgan fingerprint density at radius 1 is 1.46 bits per heavy atom. The van der Waals surface area contributed by atoms with E-state index in [1.54, 1.807) is 6.92 Å². The molecule has 0 saturated carbocycles. The predicted molar refractivity (Wildman–Crippen MR) is 92.8 cm³/mol. The van der Waals surface area contributed by atoms with E-state index >= 15 is 0 Å². The molecule has 0 radical (unpaired) electrons. The molecule has 0 aliphatic carbocycles. The number of piperazine rings is 1. The summed E-state index contributed by atoms with van der Waals surface area (Å²) in [5.74, 6) is 1.40. The van der Waals surface area contributed by atoms with Gasteiger partial charge in [-0.2, -0.15) is 0 Å². The van der Waals surface area contributed by atoms with Gasteiger partial charge in [-0.3, -0.25) is 0 Å². The van der Waals surface area contributed by atoms with Crippen LogP contribution in [0.4, 0.5) is 10.6 Å². The molecule has 2 aliphatic heterocycles. The maximum absolute atomic E-state index is 11.3. The molecule has 3 rings (SSSR count). The quantitative estimate of drug-likeness (QED) is 0.813. The monoisotopic (exact) mass is 353 g/mol. The van der Waals surface area contributed by atoms with E-state index in [0.717, 1.165) is 24.2 Å². The van der Waals surface area contributed by atoms with E-state index in [1.807, 2.05) is 19.1 Å². The van der Waals surface area contributed by atoms with E-state index < -0.39 is 11.7 Å². The van der Waals surface area contributed by atoms with Gasteiger partial charge in [0.1, 0.15) is 11.4 Å². The zero-order valence-corrected chi connectivity index (χ0v) is 14.8. The summed E-state index contributed by atoms with van der Waals surface area (Å²) in [5.41, 5.74) is 0.768. The fourth-order valence-corrected chi connectivity index (χ4v) is 3.97. The van der Waals surface area contributed by atoms with Crippen molar-refractivity contribution in [3.8, 4) is 0 Å². The van der Waals surface area contributed by atoms with Crippen molar-refractivity contribution in [2.24, 2.45) is 0 Å². The number of alkyl halides is 1. The predicted octanol–water partition coefficient (Wildman–Crippen LogP) is 2.42. The molecule has 1 amide bonds. The normalized spacial score (nSPS) is 25.2. The van der Waals surface area contributed by atoms with E-state index in [2.05, 4.69) is 4.90 Å². The van der Waals surface area contributed by atoms with Gasteiger partial charge in [0.15, 0.2) is 0 Å². The first-order valence-electron chi connectivity index (χ1n) is 8.38. The third-order valence-electron chi connectivity index (χ3n) is 5.06. The van der Waals surface area contributed by atoms with Gasteiger partial charge in [-0.15, -0.1) is 11.6 Å². The van der Waals surface area contributed by atoms with Crippen LogP contribution in [-0.2, 0) is 12.0 Å². The lowest BCUT2D eigenvalue weighted by Gasteiger charge is -2.42. The highest BCUT2D eigenvalue weighted by molar-refractivity contribution is 6.17. The fourth-order valence-electron chi connectivity index (χ4n) is 3.84. The largest absolute Gasteiger partial charge is 0.465 e. The van der Waals surface area contributed by atoms with Crippen LogP contribution >= 0.6 is 11.6 Å². The minimum absolute atomic E-state index is 0.0663. The van der Waals surface area contributed by atoms with Crippen molar-refractivity contribution >= 4 is 23.5 Å². The zero-order chi connectivity index (χ0) is 17.5. The maximum Gasteiger partial charge on any atom is 0.407 e. The molecule has 2 aliphatic rings. The molecule has 0 spiro atoms. The van der Waals surface area contributed by atoms with E-state index in [4.69, 9.17) is 16.6 Å². The fraction of sp³-hybridized carbons (Fsp3) is 0.647. The van der Waals surface area contributed by atoms with Gasteiger partial charge in [0.05, 0.1) is 11.7 Å². The minimum Gasteiger partial charge on any atom is -0.465 e. The Morgan fingerprint density at radius 3 is 2.88 bits per heavy atom. The summed E-state index contributed by atoms with van der Waals surface area (Å²) in [7, 11) is 0. The average Bonchev–Trinajstić information content (AvgIpc) is 2.90. The molecule has 1 aromatic heterocycles. The Labute approximate surface area is 147 Å². The first kappa shape index (κ1) is 17.3. The van der Waals surface area contributed by atoms with Crippen molar-refractivity contribution in [2.75, 3.05) is 23.9 Å². The van der Waals surface area contributed by atoms with E-state index in [9.17, 15) is 15.0 Å². The molecule has 2 N–H and O–H groups in total. The molecule has 0 bridgehead atoms. The Kier molecular flexibility index (Phi) is 4.62. The second kappa shape index (κ2) is 6.41. The topological polar surface area (TPSA) is 76.9 Å². The average molecular weight is 354 g/mol. The summed E-state index contributed by atoms with van der Waals surface area (Å²) < 4.78 is 0. The number of anilines is 1. The SMILES string of the molecule is C[C@@H]1CN(C(=O)O)C[C@H]2Cc3ccc(C(C)(O)CCCCl)nc3N21. The zero-order valence-electron chi connectivity index (χ0n) is 14.1. The van der Waals surface area contributed by atoms with Gasteiger partial charge < -0.3 is 20.0 Å². The number of nitrogens with zero attached hydrogens (tertiary/aromatic N) is 3. The number of aromatic nitrogens is 1. The summed E-state index contributed by atoms with van der Waals surface area (Å²) >= 11 is 5.75. The molecule has 7 heteroatoms. The number of carbonyl (C=O) groups is 1. The number of fused-ring (bicyclic) bond motifs is 3. The Hall–Kier alpha value is -1.53. The number of pyridine rings is 1. The molecule has 3 heterocycles. The van der Waals surface area contributed by atoms with Crippen LogP contribution in [-0.4, -0.2) is 57.2 Å². The lowest BCUT2D eigenvalue weighted by molar-refractivity contribution is 0.0428. The Balaban J connectivity index is 1.87. The molecular weight excluding hydrogens is 330 g/mol. The number of rotatable bonds is 4. The Bertz CT molecular complexity index is 638. The standard InChI is InChI=1S/C17H24ClN3O3/c1-11-9-20(16(22)23)10-13-8-12-4-5-14(19-15(12)21(11)13)17(2,24)6-3-7-18/h4-5,11,13,24H,3,6-10H2,1-2H3,(H,22,23)/t11-,13-,17?/m1/s1. The van der Waals surface area contributed by atoms with Crippen LogP contribution in [0, 0.1) is 0 Å². The van der Waals surface area contributed by atoms with Crippen molar-refractivity contribution in [3.63, 3.8) is 0 Å². The van der Waals surface area contributed by atoms with Crippen LogP contribution in [0.1, 0.15) is 37.9 Å². The summed E-state index contributed by atoms with van der Waals surface area (Å²) in [5, 5.41) is 20.0. The lowest BCUT2D eigenvalue weighted by atomic mass is 9.95. The number of halogens is 1. The summed E-state index contributed by atoms with van der Waals surface area (Å²) in [4.78, 5) is 19.7. The highest BCUT2D eigenvalue weighted by Gasteiger charge is 2.41. The van der Waals surface area contributed by atoms with Gasteiger partial charge in [-0.1, -0.05) is 6.07 Å². The summed E-state index contributed by atoms with van der Waals surface area (Å²) in [6.07, 6.45) is 1.22. The maximum atomic E-state index is 11.3. The second-order valence-electron chi connectivity index (χ2n) is 7.05. The number of hydrogen-bond donors (Lipinski definition) is 2. The first-order valence-corrected chi connectivity index (χ1v) is 8.92.